The number of hydrogen-bond acceptors (Lipinski definition) is 5. The maximum absolute atomic E-state index is 11.9. The summed E-state index contributed by atoms with van der Waals surface area (Å²) in [6.07, 6.45) is 0. The van der Waals surface area contributed by atoms with Gasteiger partial charge in [0.1, 0.15) is 5.75 Å². The SMILES string of the molecule is Cc1cc(Br)ccc1OCC(=O)NC(=S)Nc1cccc([N+](=O)[O-])c1. The van der Waals surface area contributed by atoms with E-state index in [1.165, 1.54) is 18.2 Å². The molecule has 0 aromatic heterocycles. The minimum atomic E-state index is -0.513. The van der Waals surface area contributed by atoms with Gasteiger partial charge in [-0.2, -0.15) is 0 Å². The zero-order valence-corrected chi connectivity index (χ0v) is 15.5. The maximum atomic E-state index is 11.9. The molecule has 7 nitrogen and oxygen atoms in total. The molecule has 130 valence electrons. The van der Waals surface area contributed by atoms with E-state index >= 15 is 0 Å². The average Bonchev–Trinajstić information content (AvgIpc) is 2.54. The van der Waals surface area contributed by atoms with Crippen LogP contribution in [0.2, 0.25) is 0 Å². The van der Waals surface area contributed by atoms with E-state index < -0.39 is 10.8 Å². The summed E-state index contributed by atoms with van der Waals surface area (Å²) < 4.78 is 6.37. The Morgan fingerprint density at radius 3 is 2.76 bits per heavy atom. The van der Waals surface area contributed by atoms with Crippen molar-refractivity contribution in [2.75, 3.05) is 11.9 Å². The van der Waals surface area contributed by atoms with Crippen molar-refractivity contribution in [1.82, 2.24) is 5.32 Å². The van der Waals surface area contributed by atoms with E-state index in [-0.39, 0.29) is 17.4 Å². The van der Waals surface area contributed by atoms with Crippen molar-refractivity contribution in [3.63, 3.8) is 0 Å². The molecule has 0 aliphatic heterocycles. The number of nitrogens with zero attached hydrogens (tertiary/aromatic N) is 1. The highest BCUT2D eigenvalue weighted by Crippen LogP contribution is 2.22. The zero-order chi connectivity index (χ0) is 18.4. The van der Waals surface area contributed by atoms with Crippen LogP contribution in [0.5, 0.6) is 5.75 Å². The van der Waals surface area contributed by atoms with E-state index in [0.717, 1.165) is 10.0 Å². The number of nitro groups is 1. The van der Waals surface area contributed by atoms with Crippen LogP contribution in [0, 0.1) is 17.0 Å². The second-order valence-electron chi connectivity index (χ2n) is 5.01. The number of amides is 1. The summed E-state index contributed by atoms with van der Waals surface area (Å²) in [4.78, 5) is 22.1. The molecule has 0 bridgehead atoms. The van der Waals surface area contributed by atoms with Crippen LogP contribution in [0.15, 0.2) is 46.9 Å². The summed E-state index contributed by atoms with van der Waals surface area (Å²) in [6, 6.07) is 11.3. The molecule has 0 unspecified atom stereocenters. The number of ether oxygens (including phenoxy) is 1. The Bertz CT molecular complexity index is 829. The molecule has 0 spiro atoms. The van der Waals surface area contributed by atoms with E-state index in [1.54, 1.807) is 12.1 Å². The molecule has 0 saturated carbocycles. The standard InChI is InChI=1S/C16H14BrN3O4S/c1-10-7-11(17)5-6-14(10)24-9-15(21)19-16(25)18-12-3-2-4-13(8-12)20(22)23/h2-8H,9H2,1H3,(H2,18,19,21,25). The number of non-ortho nitro benzene ring substituents is 1. The van der Waals surface area contributed by atoms with Gasteiger partial charge in [-0.15, -0.1) is 0 Å². The van der Waals surface area contributed by atoms with Gasteiger partial charge in [0.05, 0.1) is 4.92 Å². The molecule has 2 N–H and O–H groups in total. The Kier molecular flexibility index (Phi) is 6.43. The largest absolute Gasteiger partial charge is 0.483 e. The summed E-state index contributed by atoms with van der Waals surface area (Å²) >= 11 is 8.37. The van der Waals surface area contributed by atoms with Gasteiger partial charge >= 0.3 is 0 Å². The van der Waals surface area contributed by atoms with Crippen molar-refractivity contribution in [3.8, 4) is 5.75 Å². The highest BCUT2D eigenvalue weighted by Gasteiger charge is 2.10. The first-order valence-electron chi connectivity index (χ1n) is 7.09. The Morgan fingerprint density at radius 1 is 1.32 bits per heavy atom. The second-order valence-corrected chi connectivity index (χ2v) is 6.33. The number of nitro benzene ring substituents is 1. The number of nitrogens with one attached hydrogen (secondary N) is 2. The van der Waals surface area contributed by atoms with Gasteiger partial charge < -0.3 is 10.1 Å². The van der Waals surface area contributed by atoms with Crippen LogP contribution in [0.25, 0.3) is 0 Å². The highest BCUT2D eigenvalue weighted by atomic mass is 79.9. The maximum Gasteiger partial charge on any atom is 0.271 e. The molecule has 0 fully saturated rings. The van der Waals surface area contributed by atoms with Crippen LogP contribution in [-0.4, -0.2) is 22.5 Å². The van der Waals surface area contributed by atoms with E-state index in [1.807, 2.05) is 19.1 Å². The summed E-state index contributed by atoms with van der Waals surface area (Å²) in [6.45, 7) is 1.66. The second kappa shape index (κ2) is 8.54. The van der Waals surface area contributed by atoms with Crippen LogP contribution >= 0.6 is 28.1 Å². The molecule has 9 heteroatoms. The lowest BCUT2D eigenvalue weighted by Crippen LogP contribution is -2.37. The van der Waals surface area contributed by atoms with Crippen molar-refractivity contribution >= 4 is 50.5 Å². The van der Waals surface area contributed by atoms with Crippen LogP contribution < -0.4 is 15.4 Å². The first kappa shape index (κ1) is 18.8. The predicted molar refractivity (Wildman–Crippen MR) is 102 cm³/mol. The van der Waals surface area contributed by atoms with Crippen molar-refractivity contribution in [2.24, 2.45) is 0 Å². The van der Waals surface area contributed by atoms with Crippen LogP contribution in [0.4, 0.5) is 11.4 Å². The summed E-state index contributed by atoms with van der Waals surface area (Å²) in [7, 11) is 0. The first-order chi connectivity index (χ1) is 11.8. The Balaban J connectivity index is 1.86. The van der Waals surface area contributed by atoms with Crippen molar-refractivity contribution in [3.05, 3.63) is 62.6 Å². The molecule has 0 radical (unpaired) electrons. The van der Waals surface area contributed by atoms with Crippen molar-refractivity contribution in [2.45, 2.75) is 6.92 Å². The molecule has 0 aliphatic carbocycles. The number of halogens is 1. The number of aryl methyl sites for hydroxylation is 1. The smallest absolute Gasteiger partial charge is 0.271 e. The number of thiocarbonyl (C=S) groups is 1. The van der Waals surface area contributed by atoms with Crippen LogP contribution in [0.1, 0.15) is 5.56 Å². The molecular formula is C16H14BrN3O4S. The number of anilines is 1. The van der Waals surface area contributed by atoms with Gasteiger partial charge in [-0.05, 0) is 49.0 Å². The third-order valence-corrected chi connectivity index (χ3v) is 3.76. The van der Waals surface area contributed by atoms with Crippen molar-refractivity contribution < 1.29 is 14.5 Å². The van der Waals surface area contributed by atoms with Crippen LogP contribution in [-0.2, 0) is 4.79 Å². The van der Waals surface area contributed by atoms with Crippen LogP contribution in [0.3, 0.4) is 0 Å². The minimum absolute atomic E-state index is 0.0293. The Labute approximate surface area is 157 Å². The first-order valence-corrected chi connectivity index (χ1v) is 8.29. The number of benzene rings is 2. The molecule has 0 heterocycles. The lowest BCUT2D eigenvalue weighted by molar-refractivity contribution is -0.384. The quantitative estimate of drug-likeness (QED) is 0.433. The molecular weight excluding hydrogens is 410 g/mol. The number of rotatable bonds is 5. The fourth-order valence-electron chi connectivity index (χ4n) is 1.94. The lowest BCUT2D eigenvalue weighted by atomic mass is 10.2. The third kappa shape index (κ3) is 5.80. The van der Waals surface area contributed by atoms with Gasteiger partial charge in [0.15, 0.2) is 11.7 Å². The number of hydrogen-bond donors (Lipinski definition) is 2. The molecule has 1 amide bonds. The van der Waals surface area contributed by atoms with E-state index in [2.05, 4.69) is 26.6 Å². The molecule has 0 saturated heterocycles. The van der Waals surface area contributed by atoms with E-state index in [0.29, 0.717) is 11.4 Å². The Morgan fingerprint density at radius 2 is 2.08 bits per heavy atom. The number of carbonyl (C=O) groups is 1. The van der Waals surface area contributed by atoms with E-state index in [9.17, 15) is 14.9 Å². The van der Waals surface area contributed by atoms with Gasteiger partial charge in [-0.25, -0.2) is 0 Å². The van der Waals surface area contributed by atoms with Gasteiger partial charge in [-0.3, -0.25) is 20.2 Å². The fraction of sp³-hybridized carbons (Fsp3) is 0.125. The minimum Gasteiger partial charge on any atom is -0.483 e. The molecule has 2 aromatic rings. The van der Waals surface area contributed by atoms with Crippen molar-refractivity contribution in [1.29, 1.82) is 0 Å². The molecule has 0 atom stereocenters. The normalized spacial score (nSPS) is 10.0. The average molecular weight is 424 g/mol. The summed E-state index contributed by atoms with van der Waals surface area (Å²) in [5.41, 5.74) is 1.22. The monoisotopic (exact) mass is 423 g/mol. The fourth-order valence-corrected chi connectivity index (χ4v) is 2.65. The molecule has 2 rings (SSSR count). The Hall–Kier alpha value is -2.52. The topological polar surface area (TPSA) is 93.5 Å². The van der Waals surface area contributed by atoms with Gasteiger partial charge in [0, 0.05) is 22.3 Å². The number of carbonyl (C=O) groups excluding carboxylic acids is 1. The molecule has 0 aliphatic rings. The zero-order valence-electron chi connectivity index (χ0n) is 13.1. The third-order valence-electron chi connectivity index (χ3n) is 3.06. The highest BCUT2D eigenvalue weighted by molar-refractivity contribution is 9.10. The summed E-state index contributed by atoms with van der Waals surface area (Å²) in [5, 5.41) is 15.9. The van der Waals surface area contributed by atoms with E-state index in [4.69, 9.17) is 17.0 Å². The summed E-state index contributed by atoms with van der Waals surface area (Å²) in [5.74, 6) is 0.154. The lowest BCUT2D eigenvalue weighted by Gasteiger charge is -2.11. The molecule has 25 heavy (non-hydrogen) atoms. The van der Waals surface area contributed by atoms with Gasteiger partial charge in [0.2, 0.25) is 0 Å². The van der Waals surface area contributed by atoms with Gasteiger partial charge in [-0.1, -0.05) is 22.0 Å². The molecule has 2 aromatic carbocycles. The predicted octanol–water partition coefficient (Wildman–Crippen LogP) is 3.56. The van der Waals surface area contributed by atoms with Gasteiger partial charge in [0.25, 0.3) is 11.6 Å².